The second kappa shape index (κ2) is 12.5. The molecule has 0 radical (unpaired) electrons. The summed E-state index contributed by atoms with van der Waals surface area (Å²) < 4.78 is 35.1. The maximum absolute atomic E-state index is 13.4. The Morgan fingerprint density at radius 1 is 1.12 bits per heavy atom. The standard InChI is InChI=1S/C27H23BrFN3O8/c1-3-38-22-10-15(19(28)12-23(22)39-14-24(33)30-17-6-4-5-16(29)11-17)9-20-25(34)32(27(36)31-20)13-18-7-8-21(40-18)26(35)37-2/h4-12H,3,13-14H2,1-2H3,(H,30,33)(H,31,36)/b20-9-. The van der Waals surface area contributed by atoms with E-state index in [9.17, 15) is 23.6 Å². The normalized spacial score (nSPS) is 13.8. The zero-order valence-electron chi connectivity index (χ0n) is 21.3. The summed E-state index contributed by atoms with van der Waals surface area (Å²) in [6.07, 6.45) is 1.45. The largest absolute Gasteiger partial charge is 0.490 e. The van der Waals surface area contributed by atoms with Crippen molar-refractivity contribution < 1.29 is 42.2 Å². The highest BCUT2D eigenvalue weighted by Crippen LogP contribution is 2.35. The fourth-order valence-electron chi connectivity index (χ4n) is 3.65. The lowest BCUT2D eigenvalue weighted by atomic mass is 10.1. The number of rotatable bonds is 10. The fraction of sp³-hybridized carbons (Fsp3) is 0.185. The Bertz CT molecular complexity index is 1500. The Morgan fingerprint density at radius 3 is 2.62 bits per heavy atom. The van der Waals surface area contributed by atoms with Crippen molar-refractivity contribution in [3.8, 4) is 11.5 Å². The Balaban J connectivity index is 1.48. The van der Waals surface area contributed by atoms with Crippen molar-refractivity contribution >= 4 is 51.5 Å². The predicted molar refractivity (Wildman–Crippen MR) is 143 cm³/mol. The molecule has 1 aliphatic rings. The van der Waals surface area contributed by atoms with Gasteiger partial charge in [-0.1, -0.05) is 22.0 Å². The number of anilines is 1. The molecule has 208 valence electrons. The van der Waals surface area contributed by atoms with Gasteiger partial charge in [0.25, 0.3) is 11.8 Å². The number of benzene rings is 2. The molecule has 2 heterocycles. The summed E-state index contributed by atoms with van der Waals surface area (Å²) in [5.74, 6) is -1.60. The molecule has 1 fully saturated rings. The molecule has 40 heavy (non-hydrogen) atoms. The molecule has 0 saturated carbocycles. The van der Waals surface area contributed by atoms with Gasteiger partial charge >= 0.3 is 12.0 Å². The van der Waals surface area contributed by atoms with Gasteiger partial charge in [0.2, 0.25) is 5.76 Å². The number of halogens is 2. The minimum absolute atomic E-state index is 0.00367. The average Bonchev–Trinajstić information content (AvgIpc) is 3.49. The number of ether oxygens (including phenoxy) is 3. The van der Waals surface area contributed by atoms with E-state index >= 15 is 0 Å². The quantitative estimate of drug-likeness (QED) is 0.194. The number of amides is 4. The van der Waals surface area contributed by atoms with Gasteiger partial charge in [0.1, 0.15) is 17.3 Å². The number of imide groups is 1. The first-order valence-corrected chi connectivity index (χ1v) is 12.6. The molecule has 2 N–H and O–H groups in total. The third kappa shape index (κ3) is 6.67. The van der Waals surface area contributed by atoms with Crippen LogP contribution in [-0.2, 0) is 20.9 Å². The monoisotopic (exact) mass is 615 g/mol. The van der Waals surface area contributed by atoms with Crippen LogP contribution in [0.15, 0.2) is 63.1 Å². The van der Waals surface area contributed by atoms with E-state index in [0.29, 0.717) is 10.0 Å². The number of carbonyl (C=O) groups excluding carboxylic acids is 4. The molecular formula is C27H23BrFN3O8. The second-order valence-corrected chi connectivity index (χ2v) is 9.09. The van der Waals surface area contributed by atoms with E-state index in [1.54, 1.807) is 25.1 Å². The Morgan fingerprint density at radius 2 is 1.90 bits per heavy atom. The number of methoxy groups -OCH3 is 1. The summed E-state index contributed by atoms with van der Waals surface area (Å²) in [7, 11) is 1.21. The SMILES string of the molecule is CCOc1cc(/C=C2\NC(=O)N(Cc3ccc(C(=O)OC)o3)C2=O)c(Br)cc1OCC(=O)Nc1cccc(F)c1. The first-order chi connectivity index (χ1) is 19.2. The van der Waals surface area contributed by atoms with Gasteiger partial charge < -0.3 is 29.3 Å². The number of urea groups is 1. The zero-order chi connectivity index (χ0) is 28.8. The van der Waals surface area contributed by atoms with Crippen molar-refractivity contribution in [2.75, 3.05) is 25.6 Å². The minimum Gasteiger partial charge on any atom is -0.490 e. The first kappa shape index (κ1) is 28.4. The van der Waals surface area contributed by atoms with Gasteiger partial charge in [-0.3, -0.25) is 14.5 Å². The van der Waals surface area contributed by atoms with E-state index in [4.69, 9.17) is 13.9 Å². The van der Waals surface area contributed by atoms with Crippen molar-refractivity contribution in [3.05, 3.63) is 81.6 Å². The van der Waals surface area contributed by atoms with Gasteiger partial charge in [-0.15, -0.1) is 0 Å². The molecule has 0 bridgehead atoms. The lowest BCUT2D eigenvalue weighted by Crippen LogP contribution is -2.30. The molecule has 4 rings (SSSR count). The number of furan rings is 1. The van der Waals surface area contributed by atoms with E-state index < -0.39 is 29.6 Å². The second-order valence-electron chi connectivity index (χ2n) is 8.24. The van der Waals surface area contributed by atoms with Gasteiger partial charge in [0.15, 0.2) is 18.1 Å². The average molecular weight is 616 g/mol. The van der Waals surface area contributed by atoms with Crippen molar-refractivity contribution in [1.29, 1.82) is 0 Å². The number of esters is 1. The molecule has 1 aliphatic heterocycles. The molecule has 0 spiro atoms. The number of hydrogen-bond acceptors (Lipinski definition) is 8. The molecule has 1 aromatic heterocycles. The molecule has 13 heteroatoms. The number of nitrogens with one attached hydrogen (secondary N) is 2. The number of hydrogen-bond donors (Lipinski definition) is 2. The molecule has 1 saturated heterocycles. The van der Waals surface area contributed by atoms with Gasteiger partial charge in [-0.25, -0.2) is 14.0 Å². The van der Waals surface area contributed by atoms with Crippen LogP contribution >= 0.6 is 15.9 Å². The first-order valence-electron chi connectivity index (χ1n) is 11.8. The summed E-state index contributed by atoms with van der Waals surface area (Å²) in [6.45, 7) is 1.47. The molecular weight excluding hydrogens is 593 g/mol. The van der Waals surface area contributed by atoms with Crippen LogP contribution in [0.5, 0.6) is 11.5 Å². The highest BCUT2D eigenvalue weighted by Gasteiger charge is 2.34. The van der Waals surface area contributed by atoms with Gasteiger partial charge in [0.05, 0.1) is 20.3 Å². The highest BCUT2D eigenvalue weighted by atomic mass is 79.9. The molecule has 2 aromatic carbocycles. The Hall–Kier alpha value is -4.65. The summed E-state index contributed by atoms with van der Waals surface area (Å²) in [5.41, 5.74) is 0.766. The number of nitrogens with zero attached hydrogens (tertiary/aromatic N) is 1. The van der Waals surface area contributed by atoms with Crippen molar-refractivity contribution in [1.82, 2.24) is 10.2 Å². The van der Waals surface area contributed by atoms with Crippen LogP contribution in [0.1, 0.15) is 28.8 Å². The van der Waals surface area contributed by atoms with Crippen LogP contribution in [-0.4, -0.2) is 49.0 Å². The fourth-order valence-corrected chi connectivity index (χ4v) is 4.09. The van der Waals surface area contributed by atoms with E-state index in [1.807, 2.05) is 0 Å². The van der Waals surface area contributed by atoms with E-state index in [1.165, 1.54) is 43.5 Å². The third-order valence-corrected chi connectivity index (χ3v) is 6.14. The summed E-state index contributed by atoms with van der Waals surface area (Å²) in [5, 5.41) is 5.06. The minimum atomic E-state index is -0.682. The van der Waals surface area contributed by atoms with Gasteiger partial charge in [-0.2, -0.15) is 0 Å². The Labute approximate surface area is 236 Å². The van der Waals surface area contributed by atoms with Crippen molar-refractivity contribution in [2.45, 2.75) is 13.5 Å². The van der Waals surface area contributed by atoms with Gasteiger partial charge in [0, 0.05) is 10.2 Å². The zero-order valence-corrected chi connectivity index (χ0v) is 22.9. The maximum atomic E-state index is 13.4. The molecule has 0 unspecified atom stereocenters. The molecule has 0 atom stereocenters. The molecule has 0 aliphatic carbocycles. The van der Waals surface area contributed by atoms with E-state index in [0.717, 1.165) is 4.90 Å². The van der Waals surface area contributed by atoms with Crippen LogP contribution in [0.25, 0.3) is 6.08 Å². The lowest BCUT2D eigenvalue weighted by Gasteiger charge is -2.14. The number of carbonyl (C=O) groups is 4. The van der Waals surface area contributed by atoms with Crippen LogP contribution in [0.3, 0.4) is 0 Å². The van der Waals surface area contributed by atoms with Crippen LogP contribution in [0.2, 0.25) is 0 Å². The Kier molecular flexibility index (Phi) is 8.84. The lowest BCUT2D eigenvalue weighted by molar-refractivity contribution is -0.123. The summed E-state index contributed by atoms with van der Waals surface area (Å²) >= 11 is 3.42. The van der Waals surface area contributed by atoms with Crippen LogP contribution < -0.4 is 20.1 Å². The van der Waals surface area contributed by atoms with Crippen LogP contribution in [0.4, 0.5) is 14.9 Å². The molecule has 3 aromatic rings. The smallest absolute Gasteiger partial charge is 0.373 e. The summed E-state index contributed by atoms with van der Waals surface area (Å²) in [4.78, 5) is 50.3. The van der Waals surface area contributed by atoms with Crippen LogP contribution in [0, 0.1) is 5.82 Å². The summed E-state index contributed by atoms with van der Waals surface area (Å²) in [6, 6.07) is 10.8. The highest BCUT2D eigenvalue weighted by molar-refractivity contribution is 9.10. The molecule has 11 nitrogen and oxygen atoms in total. The van der Waals surface area contributed by atoms with E-state index in [2.05, 4.69) is 31.3 Å². The van der Waals surface area contributed by atoms with Gasteiger partial charge in [-0.05, 0) is 61.0 Å². The topological polar surface area (TPSA) is 136 Å². The van der Waals surface area contributed by atoms with Crippen molar-refractivity contribution in [3.63, 3.8) is 0 Å². The molecule has 4 amide bonds. The third-order valence-electron chi connectivity index (χ3n) is 5.45. The van der Waals surface area contributed by atoms with Crippen molar-refractivity contribution in [2.24, 2.45) is 0 Å². The predicted octanol–water partition coefficient (Wildman–Crippen LogP) is 4.48. The maximum Gasteiger partial charge on any atom is 0.373 e. The van der Waals surface area contributed by atoms with E-state index in [-0.39, 0.29) is 54.2 Å².